The van der Waals surface area contributed by atoms with Crippen LogP contribution in [0.2, 0.25) is 0 Å². The van der Waals surface area contributed by atoms with Crippen LogP contribution in [0.5, 0.6) is 0 Å². The van der Waals surface area contributed by atoms with Gasteiger partial charge in [0.15, 0.2) is 0 Å². The molecule has 0 saturated carbocycles. The van der Waals surface area contributed by atoms with Gasteiger partial charge in [-0.2, -0.15) is 0 Å². The molecule has 0 spiro atoms. The topological polar surface area (TPSA) is 61.4 Å². The van der Waals surface area contributed by atoms with Gasteiger partial charge in [-0.25, -0.2) is 9.97 Å². The van der Waals surface area contributed by atoms with E-state index in [2.05, 4.69) is 31.2 Å². The average molecular weight is 314 g/mol. The Morgan fingerprint density at radius 3 is 2.89 bits per heavy atom. The van der Waals surface area contributed by atoms with Crippen molar-refractivity contribution in [1.29, 1.82) is 0 Å². The van der Waals surface area contributed by atoms with Gasteiger partial charge in [-0.3, -0.25) is 4.79 Å². The fraction of sp³-hybridized carbons (Fsp3) is 0.545. The fourth-order valence-electron chi connectivity index (χ4n) is 1.92. The molecule has 1 aromatic rings. The third-order valence-corrected chi connectivity index (χ3v) is 3.71. The van der Waals surface area contributed by atoms with Crippen LogP contribution in [0.15, 0.2) is 10.8 Å². The number of hydrogen-bond acceptors (Lipinski definition) is 5. The first kappa shape index (κ1) is 13.1. The van der Waals surface area contributed by atoms with E-state index in [1.807, 2.05) is 11.9 Å². The van der Waals surface area contributed by atoms with Gasteiger partial charge in [0.25, 0.3) is 0 Å². The summed E-state index contributed by atoms with van der Waals surface area (Å²) in [7, 11) is 3.64. The third-order valence-electron chi connectivity index (χ3n) is 2.98. The number of aromatic nitrogens is 2. The van der Waals surface area contributed by atoms with Crippen LogP contribution < -0.4 is 10.2 Å². The predicted octanol–water partition coefficient (Wildman–Crippen LogP) is 0.949. The third kappa shape index (κ3) is 2.55. The largest absolute Gasteiger partial charge is 0.372 e. The lowest BCUT2D eigenvalue weighted by atomic mass is 10.3. The maximum Gasteiger partial charge on any atom is 0.241 e. The van der Waals surface area contributed by atoms with E-state index in [-0.39, 0.29) is 5.91 Å². The summed E-state index contributed by atoms with van der Waals surface area (Å²) in [4.78, 5) is 24.0. The molecule has 1 aliphatic heterocycles. The predicted molar refractivity (Wildman–Crippen MR) is 73.7 cm³/mol. The Balaban J connectivity index is 2.28. The van der Waals surface area contributed by atoms with E-state index < -0.39 is 0 Å². The van der Waals surface area contributed by atoms with Crippen molar-refractivity contribution in [2.45, 2.75) is 6.42 Å². The fourth-order valence-corrected chi connectivity index (χ4v) is 2.58. The van der Waals surface area contributed by atoms with E-state index in [0.717, 1.165) is 35.6 Å². The van der Waals surface area contributed by atoms with Crippen molar-refractivity contribution in [3.63, 3.8) is 0 Å². The van der Waals surface area contributed by atoms with Gasteiger partial charge in [-0.15, -0.1) is 0 Å². The second-order valence-corrected chi connectivity index (χ2v) is 4.99. The van der Waals surface area contributed by atoms with Crippen molar-refractivity contribution in [2.75, 3.05) is 43.9 Å². The zero-order valence-corrected chi connectivity index (χ0v) is 12.1. The van der Waals surface area contributed by atoms with E-state index in [1.54, 1.807) is 11.9 Å². The number of hydrogen-bond donors (Lipinski definition) is 1. The van der Waals surface area contributed by atoms with Gasteiger partial charge in [-0.1, -0.05) is 0 Å². The first-order valence-corrected chi connectivity index (χ1v) is 6.60. The Hall–Kier alpha value is -1.37. The summed E-state index contributed by atoms with van der Waals surface area (Å²) in [6.45, 7) is 1.96. The summed E-state index contributed by atoms with van der Waals surface area (Å²) in [5.74, 6) is 1.60. The van der Waals surface area contributed by atoms with E-state index in [9.17, 15) is 4.79 Å². The van der Waals surface area contributed by atoms with Gasteiger partial charge in [0.05, 0.1) is 6.54 Å². The highest BCUT2D eigenvalue weighted by molar-refractivity contribution is 9.10. The maximum atomic E-state index is 11.9. The molecule has 0 radical (unpaired) electrons. The summed E-state index contributed by atoms with van der Waals surface area (Å²) in [5.41, 5.74) is 0. The molecule has 1 N–H and O–H groups in total. The highest BCUT2D eigenvalue weighted by Crippen LogP contribution is 2.29. The summed E-state index contributed by atoms with van der Waals surface area (Å²) in [6, 6.07) is 0. The molecule has 1 aromatic heterocycles. The minimum absolute atomic E-state index is 0.115. The molecule has 98 valence electrons. The lowest BCUT2D eigenvalue weighted by Crippen LogP contribution is -2.35. The number of anilines is 2. The molecule has 2 rings (SSSR count). The number of likely N-dealkylation sites (N-methyl/N-ethyl adjacent to an activating group) is 1. The molecule has 1 saturated heterocycles. The molecular formula is C11H16BrN5O. The molecule has 0 atom stereocenters. The number of carbonyl (C=O) groups is 1. The molecule has 7 heteroatoms. The highest BCUT2D eigenvalue weighted by Gasteiger charge is 2.22. The summed E-state index contributed by atoms with van der Waals surface area (Å²) in [6.07, 6.45) is 2.44. The number of carbonyl (C=O) groups excluding carboxylic acids is 1. The first-order chi connectivity index (χ1) is 8.63. The molecule has 2 heterocycles. The quantitative estimate of drug-likeness (QED) is 0.881. The van der Waals surface area contributed by atoms with Crippen LogP contribution in [0.3, 0.4) is 0 Å². The lowest BCUT2D eigenvalue weighted by Gasteiger charge is -2.22. The van der Waals surface area contributed by atoms with Gasteiger partial charge >= 0.3 is 0 Å². The van der Waals surface area contributed by atoms with Gasteiger partial charge in [0.2, 0.25) is 5.91 Å². The Kier molecular flexibility index (Phi) is 4.00. The number of nitrogens with one attached hydrogen (secondary N) is 1. The first-order valence-electron chi connectivity index (χ1n) is 5.80. The molecule has 0 aromatic carbocycles. The van der Waals surface area contributed by atoms with E-state index in [1.165, 1.54) is 6.33 Å². The van der Waals surface area contributed by atoms with Crippen molar-refractivity contribution in [3.05, 3.63) is 10.8 Å². The van der Waals surface area contributed by atoms with Crippen LogP contribution >= 0.6 is 15.9 Å². The average Bonchev–Trinajstić information content (AvgIpc) is 2.52. The normalized spacial score (nSPS) is 16.7. The minimum atomic E-state index is 0.115. The molecule has 18 heavy (non-hydrogen) atoms. The number of rotatable bonds is 2. The van der Waals surface area contributed by atoms with Crippen molar-refractivity contribution < 1.29 is 4.79 Å². The maximum absolute atomic E-state index is 11.9. The molecule has 1 fully saturated rings. The van der Waals surface area contributed by atoms with Crippen LogP contribution in [0.25, 0.3) is 0 Å². The molecule has 0 bridgehead atoms. The van der Waals surface area contributed by atoms with Gasteiger partial charge in [-0.05, 0) is 22.4 Å². The number of halogens is 1. The zero-order valence-electron chi connectivity index (χ0n) is 10.5. The van der Waals surface area contributed by atoms with Crippen LogP contribution in [0, 0.1) is 0 Å². The Morgan fingerprint density at radius 1 is 1.39 bits per heavy atom. The molecular weight excluding hydrogens is 298 g/mol. The molecule has 0 aliphatic carbocycles. The number of nitrogens with zero attached hydrogens (tertiary/aromatic N) is 4. The van der Waals surface area contributed by atoms with Crippen LogP contribution in [-0.4, -0.2) is 54.5 Å². The smallest absolute Gasteiger partial charge is 0.241 e. The number of amides is 1. The zero-order chi connectivity index (χ0) is 13.1. The van der Waals surface area contributed by atoms with Crippen molar-refractivity contribution in [1.82, 2.24) is 14.9 Å². The second kappa shape index (κ2) is 5.51. The summed E-state index contributed by atoms with van der Waals surface area (Å²) < 4.78 is 0.796. The van der Waals surface area contributed by atoms with Crippen molar-refractivity contribution in [3.8, 4) is 0 Å². The SMILES string of the molecule is CNc1ncnc(N2CCCN(C)C(=O)C2)c1Br. The van der Waals surface area contributed by atoms with E-state index >= 15 is 0 Å². The Morgan fingerprint density at radius 2 is 2.17 bits per heavy atom. The van der Waals surface area contributed by atoms with E-state index in [4.69, 9.17) is 0 Å². The summed E-state index contributed by atoms with van der Waals surface area (Å²) in [5, 5.41) is 2.99. The van der Waals surface area contributed by atoms with Gasteiger partial charge < -0.3 is 15.1 Å². The Labute approximate surface area is 115 Å². The molecule has 6 nitrogen and oxygen atoms in total. The molecule has 0 unspecified atom stereocenters. The van der Waals surface area contributed by atoms with Crippen LogP contribution in [-0.2, 0) is 4.79 Å². The summed E-state index contributed by atoms with van der Waals surface area (Å²) >= 11 is 3.48. The molecule has 1 amide bonds. The second-order valence-electron chi connectivity index (χ2n) is 4.20. The lowest BCUT2D eigenvalue weighted by molar-refractivity contribution is -0.127. The van der Waals surface area contributed by atoms with E-state index in [0.29, 0.717) is 6.54 Å². The Bertz CT molecular complexity index is 453. The highest BCUT2D eigenvalue weighted by atomic mass is 79.9. The van der Waals surface area contributed by atoms with Gasteiger partial charge in [0, 0.05) is 27.2 Å². The van der Waals surface area contributed by atoms with Crippen LogP contribution in [0.1, 0.15) is 6.42 Å². The minimum Gasteiger partial charge on any atom is -0.372 e. The standard InChI is InChI=1S/C11H16BrN5O/c1-13-10-9(12)11(15-7-14-10)17-5-3-4-16(2)8(18)6-17/h7H,3-6H2,1-2H3,(H,13,14,15). The van der Waals surface area contributed by atoms with Crippen molar-refractivity contribution >= 4 is 33.5 Å². The van der Waals surface area contributed by atoms with Crippen LogP contribution in [0.4, 0.5) is 11.6 Å². The van der Waals surface area contributed by atoms with Gasteiger partial charge in [0.1, 0.15) is 22.4 Å². The monoisotopic (exact) mass is 313 g/mol. The van der Waals surface area contributed by atoms with Crippen molar-refractivity contribution in [2.24, 2.45) is 0 Å². The molecule has 1 aliphatic rings.